The molecule has 0 bridgehead atoms. The molecule has 104 valence electrons. The number of halogens is 1. The summed E-state index contributed by atoms with van der Waals surface area (Å²) in [5.41, 5.74) is 9.03. The summed E-state index contributed by atoms with van der Waals surface area (Å²) in [5.74, 6) is -0.390. The monoisotopic (exact) mass is 288 g/mol. The van der Waals surface area contributed by atoms with Crippen molar-refractivity contribution in [2.45, 2.75) is 13.3 Å². The van der Waals surface area contributed by atoms with Crippen LogP contribution in [0, 0.1) is 12.7 Å². The highest BCUT2D eigenvalue weighted by Gasteiger charge is 2.10. The van der Waals surface area contributed by atoms with Gasteiger partial charge >= 0.3 is 0 Å². The molecule has 2 aromatic rings. The van der Waals surface area contributed by atoms with Gasteiger partial charge in [0, 0.05) is 12.2 Å². The van der Waals surface area contributed by atoms with Crippen molar-refractivity contribution in [2.24, 2.45) is 5.73 Å². The summed E-state index contributed by atoms with van der Waals surface area (Å²) in [6.07, 6.45) is 0.861. The number of thiocarbonyl (C=S) groups is 1. The van der Waals surface area contributed by atoms with Crippen molar-refractivity contribution in [3.63, 3.8) is 0 Å². The van der Waals surface area contributed by atoms with Gasteiger partial charge in [-0.1, -0.05) is 42.5 Å². The summed E-state index contributed by atoms with van der Waals surface area (Å²) in [4.78, 5) is 0.0708. The minimum atomic E-state index is -0.390. The number of hydrogen-bond donors (Lipinski definition) is 2. The molecule has 0 aromatic heterocycles. The predicted molar refractivity (Wildman–Crippen MR) is 85.7 cm³/mol. The summed E-state index contributed by atoms with van der Waals surface area (Å²) < 4.78 is 13.7. The van der Waals surface area contributed by atoms with Crippen LogP contribution in [0.3, 0.4) is 0 Å². The van der Waals surface area contributed by atoms with Crippen molar-refractivity contribution in [1.29, 1.82) is 0 Å². The Labute approximate surface area is 123 Å². The predicted octanol–water partition coefficient (Wildman–Crippen LogP) is 3.42. The molecule has 0 saturated carbocycles. The van der Waals surface area contributed by atoms with Crippen LogP contribution in [0.1, 0.15) is 16.7 Å². The lowest BCUT2D eigenvalue weighted by Gasteiger charge is -2.12. The molecule has 0 spiro atoms. The minimum absolute atomic E-state index is 0.0708. The zero-order valence-corrected chi connectivity index (χ0v) is 12.1. The second-order valence-corrected chi connectivity index (χ2v) is 5.07. The van der Waals surface area contributed by atoms with Crippen molar-refractivity contribution < 1.29 is 4.39 Å². The standard InChI is InChI=1S/C16H17FN2S/c1-11-5-2-3-6-12(11)9-10-19-14-8-4-7-13(17)15(14)16(18)20/h2-8,19H,9-10H2,1H3,(H2,18,20). The summed E-state index contributed by atoms with van der Waals surface area (Å²) in [7, 11) is 0. The number of benzene rings is 2. The van der Waals surface area contributed by atoms with Crippen LogP contribution in [0.25, 0.3) is 0 Å². The molecule has 0 unspecified atom stereocenters. The minimum Gasteiger partial charge on any atom is -0.389 e. The molecule has 0 fully saturated rings. The Morgan fingerprint density at radius 1 is 1.20 bits per heavy atom. The van der Waals surface area contributed by atoms with E-state index < -0.39 is 5.82 Å². The van der Waals surface area contributed by atoms with E-state index in [2.05, 4.69) is 24.4 Å². The van der Waals surface area contributed by atoms with E-state index in [0.717, 1.165) is 6.42 Å². The second kappa shape index (κ2) is 6.48. The molecule has 0 heterocycles. The van der Waals surface area contributed by atoms with Crippen LogP contribution in [-0.4, -0.2) is 11.5 Å². The lowest BCUT2D eigenvalue weighted by Crippen LogP contribution is -2.16. The lowest BCUT2D eigenvalue weighted by molar-refractivity contribution is 0.626. The van der Waals surface area contributed by atoms with Gasteiger partial charge in [0.05, 0.1) is 5.56 Å². The third-order valence-electron chi connectivity index (χ3n) is 3.23. The van der Waals surface area contributed by atoms with E-state index >= 15 is 0 Å². The first-order valence-electron chi connectivity index (χ1n) is 6.46. The molecular weight excluding hydrogens is 271 g/mol. The number of nitrogens with two attached hydrogens (primary N) is 1. The van der Waals surface area contributed by atoms with Crippen molar-refractivity contribution in [3.8, 4) is 0 Å². The van der Waals surface area contributed by atoms with Gasteiger partial charge in [0.2, 0.25) is 0 Å². The molecule has 4 heteroatoms. The second-order valence-electron chi connectivity index (χ2n) is 4.63. The maximum atomic E-state index is 13.7. The average Bonchev–Trinajstić information content (AvgIpc) is 2.40. The van der Waals surface area contributed by atoms with E-state index in [9.17, 15) is 4.39 Å². The summed E-state index contributed by atoms with van der Waals surface area (Å²) in [6.45, 7) is 2.78. The van der Waals surface area contributed by atoms with Crippen molar-refractivity contribution >= 4 is 22.9 Å². The molecule has 0 aliphatic carbocycles. The molecule has 0 amide bonds. The van der Waals surface area contributed by atoms with Crippen molar-refractivity contribution in [3.05, 3.63) is 65.0 Å². The Bertz CT molecular complexity index is 626. The zero-order chi connectivity index (χ0) is 14.5. The van der Waals surface area contributed by atoms with E-state index in [-0.39, 0.29) is 10.6 Å². The third kappa shape index (κ3) is 3.33. The van der Waals surface area contributed by atoms with Gasteiger partial charge in [-0.25, -0.2) is 4.39 Å². The van der Waals surface area contributed by atoms with Crippen molar-refractivity contribution in [1.82, 2.24) is 0 Å². The molecule has 2 aromatic carbocycles. The van der Waals surface area contributed by atoms with E-state index in [1.165, 1.54) is 17.2 Å². The van der Waals surface area contributed by atoms with Crippen LogP contribution in [-0.2, 0) is 6.42 Å². The third-order valence-corrected chi connectivity index (χ3v) is 3.44. The molecule has 0 aliphatic heterocycles. The number of anilines is 1. The van der Waals surface area contributed by atoms with E-state index in [1.54, 1.807) is 12.1 Å². The fourth-order valence-electron chi connectivity index (χ4n) is 2.14. The Kier molecular flexibility index (Phi) is 4.69. The van der Waals surface area contributed by atoms with Gasteiger partial charge in [0.1, 0.15) is 10.8 Å². The first-order valence-corrected chi connectivity index (χ1v) is 6.87. The number of hydrogen-bond acceptors (Lipinski definition) is 2. The van der Waals surface area contributed by atoms with Crippen LogP contribution in [0.15, 0.2) is 42.5 Å². The topological polar surface area (TPSA) is 38.0 Å². The van der Waals surface area contributed by atoms with Gasteiger partial charge in [-0.3, -0.25) is 0 Å². The lowest BCUT2D eigenvalue weighted by atomic mass is 10.1. The molecule has 0 aliphatic rings. The molecule has 0 atom stereocenters. The van der Waals surface area contributed by atoms with Crippen LogP contribution in [0.2, 0.25) is 0 Å². The maximum absolute atomic E-state index is 13.7. The normalized spacial score (nSPS) is 10.3. The largest absolute Gasteiger partial charge is 0.389 e. The van der Waals surface area contributed by atoms with Crippen molar-refractivity contribution in [2.75, 3.05) is 11.9 Å². The fraction of sp³-hybridized carbons (Fsp3) is 0.188. The average molecular weight is 288 g/mol. The molecule has 2 rings (SSSR count). The summed E-state index contributed by atoms with van der Waals surface area (Å²) in [5, 5.41) is 3.20. The Hall–Kier alpha value is -1.94. The number of nitrogens with one attached hydrogen (secondary N) is 1. The highest BCUT2D eigenvalue weighted by atomic mass is 32.1. The quantitative estimate of drug-likeness (QED) is 0.828. The molecule has 0 saturated heterocycles. The molecule has 20 heavy (non-hydrogen) atoms. The SMILES string of the molecule is Cc1ccccc1CCNc1cccc(F)c1C(N)=S. The van der Waals surface area contributed by atoms with Crippen LogP contribution in [0.4, 0.5) is 10.1 Å². The van der Waals surface area contributed by atoms with Gasteiger partial charge < -0.3 is 11.1 Å². The van der Waals surface area contributed by atoms with Gasteiger partial charge in [-0.05, 0) is 36.6 Å². The highest BCUT2D eigenvalue weighted by Crippen LogP contribution is 2.19. The zero-order valence-electron chi connectivity index (χ0n) is 11.3. The first kappa shape index (κ1) is 14.5. The molecule has 0 radical (unpaired) electrons. The van der Waals surface area contributed by atoms with E-state index in [4.69, 9.17) is 18.0 Å². The number of rotatable bonds is 5. The highest BCUT2D eigenvalue weighted by molar-refractivity contribution is 7.80. The van der Waals surface area contributed by atoms with Gasteiger partial charge in [0.15, 0.2) is 0 Å². The van der Waals surface area contributed by atoms with Crippen LogP contribution >= 0.6 is 12.2 Å². The molecule has 3 N–H and O–H groups in total. The number of aryl methyl sites for hydroxylation is 1. The van der Waals surface area contributed by atoms with Crippen LogP contribution in [0.5, 0.6) is 0 Å². The van der Waals surface area contributed by atoms with Gasteiger partial charge in [0.25, 0.3) is 0 Å². The summed E-state index contributed by atoms with van der Waals surface area (Å²) >= 11 is 4.90. The fourth-order valence-corrected chi connectivity index (χ4v) is 2.35. The molecular formula is C16H17FN2S. The Morgan fingerprint density at radius 3 is 2.65 bits per heavy atom. The first-order chi connectivity index (χ1) is 9.59. The van der Waals surface area contributed by atoms with E-state index in [0.29, 0.717) is 12.2 Å². The Morgan fingerprint density at radius 2 is 1.95 bits per heavy atom. The van der Waals surface area contributed by atoms with E-state index in [1.807, 2.05) is 12.1 Å². The maximum Gasteiger partial charge on any atom is 0.135 e. The Balaban J connectivity index is 2.07. The summed E-state index contributed by atoms with van der Waals surface area (Å²) in [6, 6.07) is 13.0. The van der Waals surface area contributed by atoms with Gasteiger partial charge in [-0.15, -0.1) is 0 Å². The molecule has 2 nitrogen and oxygen atoms in total. The van der Waals surface area contributed by atoms with Crippen LogP contribution < -0.4 is 11.1 Å². The smallest absolute Gasteiger partial charge is 0.135 e. The van der Waals surface area contributed by atoms with Gasteiger partial charge in [-0.2, -0.15) is 0 Å².